The molecule has 180 valence electrons. The van der Waals surface area contributed by atoms with Crippen molar-refractivity contribution in [2.45, 2.75) is 45.1 Å². The van der Waals surface area contributed by atoms with Gasteiger partial charge in [0.05, 0.1) is 18.6 Å². The number of hydrogen-bond acceptors (Lipinski definition) is 7. The van der Waals surface area contributed by atoms with Crippen LogP contribution in [0, 0.1) is 6.92 Å². The van der Waals surface area contributed by atoms with Crippen LogP contribution in [-0.2, 0) is 20.9 Å². The van der Waals surface area contributed by atoms with E-state index in [4.69, 9.17) is 13.9 Å². The summed E-state index contributed by atoms with van der Waals surface area (Å²) in [5, 5.41) is 5.41. The van der Waals surface area contributed by atoms with Crippen LogP contribution in [0.3, 0.4) is 0 Å². The Morgan fingerprint density at radius 3 is 2.57 bits per heavy atom. The van der Waals surface area contributed by atoms with E-state index in [1.54, 1.807) is 18.4 Å². The van der Waals surface area contributed by atoms with Crippen molar-refractivity contribution in [2.24, 2.45) is 0 Å². The van der Waals surface area contributed by atoms with E-state index in [1.807, 2.05) is 61.7 Å². The van der Waals surface area contributed by atoms with E-state index in [2.05, 4.69) is 11.4 Å². The summed E-state index contributed by atoms with van der Waals surface area (Å²) in [5.41, 5.74) is 3.41. The van der Waals surface area contributed by atoms with Crippen molar-refractivity contribution in [3.05, 3.63) is 98.4 Å². The maximum atomic E-state index is 13.5. The summed E-state index contributed by atoms with van der Waals surface area (Å²) >= 11 is 1.67. The Bertz CT molecular complexity index is 1310. The number of Topliss-reactive ketones (excluding diaryl/α,β-unsaturated/α-hetero) is 1. The molecular formula is C28H27NO5S. The van der Waals surface area contributed by atoms with E-state index < -0.39 is 11.9 Å². The smallest absolute Gasteiger partial charge is 0.337 e. The molecule has 1 N–H and O–H groups in total. The van der Waals surface area contributed by atoms with Gasteiger partial charge in [0.1, 0.15) is 23.9 Å². The molecule has 0 bridgehead atoms. The molecule has 6 nitrogen and oxygen atoms in total. The standard InChI is InChI=1S/C28H27NO5S/c1-16-6-11-23(34-16)27-25(28(31)33-15-18-7-9-20(32-3)10-8-18)17(2)29-21-13-19(14-22(30)26(21)27)24-5-4-12-35-24/h4-12,19,27,29H,13-15H2,1-3H3/t19-,27-/m1/s1. The Labute approximate surface area is 208 Å². The molecule has 3 aromatic rings. The molecule has 2 atom stereocenters. The first-order valence-electron chi connectivity index (χ1n) is 11.6. The number of rotatable bonds is 6. The number of carbonyl (C=O) groups excluding carboxylic acids is 2. The minimum Gasteiger partial charge on any atom is -0.497 e. The lowest BCUT2D eigenvalue weighted by molar-refractivity contribution is -0.140. The second kappa shape index (κ2) is 9.58. The molecule has 1 aliphatic carbocycles. The number of carbonyl (C=O) groups is 2. The summed E-state index contributed by atoms with van der Waals surface area (Å²) in [7, 11) is 1.61. The molecule has 0 unspecified atom stereocenters. The maximum Gasteiger partial charge on any atom is 0.337 e. The lowest BCUT2D eigenvalue weighted by Gasteiger charge is -2.35. The molecule has 1 aliphatic heterocycles. The summed E-state index contributed by atoms with van der Waals surface area (Å²) in [6.45, 7) is 3.83. The number of methoxy groups -OCH3 is 1. The zero-order valence-electron chi connectivity index (χ0n) is 19.9. The van der Waals surface area contributed by atoms with Crippen molar-refractivity contribution in [1.29, 1.82) is 0 Å². The molecule has 0 saturated carbocycles. The van der Waals surface area contributed by atoms with Crippen LogP contribution < -0.4 is 10.1 Å². The summed E-state index contributed by atoms with van der Waals surface area (Å²) in [6.07, 6.45) is 1.12. The van der Waals surface area contributed by atoms with Gasteiger partial charge in [-0.05, 0) is 61.5 Å². The molecule has 2 aromatic heterocycles. The first kappa shape index (κ1) is 23.2. The van der Waals surface area contributed by atoms with Gasteiger partial charge in [0.2, 0.25) is 0 Å². The van der Waals surface area contributed by atoms with Gasteiger partial charge in [-0.15, -0.1) is 11.3 Å². The number of ether oxygens (including phenoxy) is 2. The van der Waals surface area contributed by atoms with Crippen molar-refractivity contribution in [3.8, 4) is 5.75 Å². The predicted octanol–water partition coefficient (Wildman–Crippen LogP) is 5.76. The molecule has 0 saturated heterocycles. The Morgan fingerprint density at radius 2 is 1.91 bits per heavy atom. The molecule has 0 radical (unpaired) electrons. The summed E-state index contributed by atoms with van der Waals surface area (Å²) in [6, 6.07) is 15.2. The molecule has 5 rings (SSSR count). The Kier molecular flexibility index (Phi) is 6.34. The van der Waals surface area contributed by atoms with Crippen molar-refractivity contribution in [3.63, 3.8) is 0 Å². The highest BCUT2D eigenvalue weighted by molar-refractivity contribution is 7.10. The third-order valence-electron chi connectivity index (χ3n) is 6.57. The van der Waals surface area contributed by atoms with Crippen molar-refractivity contribution < 1.29 is 23.5 Å². The lowest BCUT2D eigenvalue weighted by atomic mass is 9.74. The number of furan rings is 1. The zero-order chi connectivity index (χ0) is 24.5. The number of ketones is 1. The molecule has 7 heteroatoms. The summed E-state index contributed by atoms with van der Waals surface area (Å²) in [4.78, 5) is 28.1. The Hall–Kier alpha value is -3.58. The third kappa shape index (κ3) is 4.56. The highest BCUT2D eigenvalue weighted by Gasteiger charge is 2.43. The van der Waals surface area contributed by atoms with Gasteiger partial charge in [-0.25, -0.2) is 4.79 Å². The fourth-order valence-corrected chi connectivity index (χ4v) is 5.71. The van der Waals surface area contributed by atoms with E-state index in [0.29, 0.717) is 35.4 Å². The monoisotopic (exact) mass is 489 g/mol. The van der Waals surface area contributed by atoms with Crippen LogP contribution in [0.15, 0.2) is 80.9 Å². The topological polar surface area (TPSA) is 77.8 Å². The quantitative estimate of drug-likeness (QED) is 0.444. The van der Waals surface area contributed by atoms with Gasteiger partial charge in [0.25, 0.3) is 0 Å². The minimum atomic E-state index is -0.597. The SMILES string of the molecule is COc1ccc(COC(=O)C2=C(C)NC3=C(C(=O)C[C@H](c4cccs4)C3)[C@@H]2c2ccc(C)o2)cc1. The van der Waals surface area contributed by atoms with E-state index in [0.717, 1.165) is 22.8 Å². The van der Waals surface area contributed by atoms with Crippen LogP contribution in [0.2, 0.25) is 0 Å². The van der Waals surface area contributed by atoms with Crippen LogP contribution in [0.4, 0.5) is 0 Å². The number of dihydropyridines is 1. The van der Waals surface area contributed by atoms with Crippen molar-refractivity contribution in [1.82, 2.24) is 5.32 Å². The molecule has 1 aromatic carbocycles. The molecule has 3 heterocycles. The van der Waals surface area contributed by atoms with Crippen LogP contribution >= 0.6 is 11.3 Å². The molecule has 0 spiro atoms. The van der Waals surface area contributed by atoms with Crippen LogP contribution in [0.1, 0.15) is 53.6 Å². The van der Waals surface area contributed by atoms with Gasteiger partial charge in [-0.1, -0.05) is 18.2 Å². The lowest BCUT2D eigenvalue weighted by Crippen LogP contribution is -2.35. The number of hydrogen-bond donors (Lipinski definition) is 1. The third-order valence-corrected chi connectivity index (χ3v) is 7.60. The second-order valence-electron chi connectivity index (χ2n) is 8.91. The highest BCUT2D eigenvalue weighted by atomic mass is 32.1. The summed E-state index contributed by atoms with van der Waals surface area (Å²) < 4.78 is 16.9. The molecule has 0 amide bonds. The number of aryl methyl sites for hydroxylation is 1. The average molecular weight is 490 g/mol. The predicted molar refractivity (Wildman–Crippen MR) is 133 cm³/mol. The van der Waals surface area contributed by atoms with Crippen LogP contribution in [-0.4, -0.2) is 18.9 Å². The average Bonchev–Trinajstić information content (AvgIpc) is 3.54. The fourth-order valence-electron chi connectivity index (χ4n) is 4.88. The zero-order valence-corrected chi connectivity index (χ0v) is 20.7. The second-order valence-corrected chi connectivity index (χ2v) is 9.88. The first-order chi connectivity index (χ1) is 16.9. The van der Waals surface area contributed by atoms with Gasteiger partial charge in [-0.2, -0.15) is 0 Å². The van der Waals surface area contributed by atoms with E-state index >= 15 is 0 Å². The molecule has 0 fully saturated rings. The normalized spacial score (nSPS) is 19.9. The first-order valence-corrected chi connectivity index (χ1v) is 12.5. The van der Waals surface area contributed by atoms with Gasteiger partial charge in [0, 0.05) is 34.2 Å². The Morgan fingerprint density at radius 1 is 1.11 bits per heavy atom. The number of allylic oxidation sites excluding steroid dienone is 3. The maximum absolute atomic E-state index is 13.5. The van der Waals surface area contributed by atoms with Crippen molar-refractivity contribution >= 4 is 23.1 Å². The van der Waals surface area contributed by atoms with Crippen molar-refractivity contribution in [2.75, 3.05) is 7.11 Å². The molecular weight excluding hydrogens is 462 g/mol. The van der Waals surface area contributed by atoms with Gasteiger partial charge in [-0.3, -0.25) is 4.79 Å². The number of thiophene rings is 1. The van der Waals surface area contributed by atoms with Gasteiger partial charge in [0.15, 0.2) is 5.78 Å². The van der Waals surface area contributed by atoms with E-state index in [-0.39, 0.29) is 18.3 Å². The van der Waals surface area contributed by atoms with Gasteiger partial charge < -0.3 is 19.2 Å². The van der Waals surface area contributed by atoms with Crippen LogP contribution in [0.5, 0.6) is 5.75 Å². The number of nitrogens with one attached hydrogen (secondary N) is 1. The molecule has 35 heavy (non-hydrogen) atoms. The highest BCUT2D eigenvalue weighted by Crippen LogP contribution is 2.46. The number of esters is 1. The van der Waals surface area contributed by atoms with E-state index in [1.165, 1.54) is 4.88 Å². The van der Waals surface area contributed by atoms with Crippen LogP contribution in [0.25, 0.3) is 0 Å². The fraction of sp³-hybridized carbons (Fsp3) is 0.286. The Balaban J connectivity index is 1.46. The summed E-state index contributed by atoms with van der Waals surface area (Å²) in [5.74, 6) is 1.14. The molecule has 2 aliphatic rings. The number of benzene rings is 1. The largest absolute Gasteiger partial charge is 0.497 e. The van der Waals surface area contributed by atoms with E-state index in [9.17, 15) is 9.59 Å². The minimum absolute atomic E-state index is 0.0316. The van der Waals surface area contributed by atoms with Gasteiger partial charge >= 0.3 is 5.97 Å².